The third kappa shape index (κ3) is 1.82. The summed E-state index contributed by atoms with van der Waals surface area (Å²) in [4.78, 5) is 0. The first-order valence-electron chi connectivity index (χ1n) is 6.16. The van der Waals surface area contributed by atoms with Gasteiger partial charge in [-0.15, -0.1) is 0 Å². The summed E-state index contributed by atoms with van der Waals surface area (Å²) in [5, 5.41) is 14.1. The zero-order valence-corrected chi connectivity index (χ0v) is 9.26. The van der Waals surface area contributed by atoms with Crippen LogP contribution >= 0.6 is 0 Å². The minimum atomic E-state index is -0.355. The van der Waals surface area contributed by atoms with E-state index in [1.165, 1.54) is 32.1 Å². The number of piperidine rings is 1. The van der Waals surface area contributed by atoms with Crippen LogP contribution in [0.2, 0.25) is 0 Å². The van der Waals surface area contributed by atoms with Crippen LogP contribution in [0, 0.1) is 11.8 Å². The third-order valence-electron chi connectivity index (χ3n) is 4.32. The summed E-state index contributed by atoms with van der Waals surface area (Å²) in [7, 11) is 0. The van der Waals surface area contributed by atoms with Gasteiger partial charge >= 0.3 is 0 Å². The van der Waals surface area contributed by atoms with Gasteiger partial charge in [0.1, 0.15) is 0 Å². The summed E-state index contributed by atoms with van der Waals surface area (Å²) in [6.45, 7) is 4.19. The van der Waals surface area contributed by atoms with Crippen molar-refractivity contribution >= 4 is 0 Å². The Hall–Kier alpha value is -0.0800. The van der Waals surface area contributed by atoms with Crippen LogP contribution in [-0.2, 0) is 0 Å². The highest BCUT2D eigenvalue weighted by Crippen LogP contribution is 2.40. The first-order chi connectivity index (χ1) is 6.73. The Kier molecular flexibility index (Phi) is 3.13. The largest absolute Gasteiger partial charge is 0.389 e. The summed E-state index contributed by atoms with van der Waals surface area (Å²) in [5.74, 6) is 1.01. The Bertz CT molecular complexity index is 189. The highest BCUT2D eigenvalue weighted by molar-refractivity contribution is 4.95. The predicted octanol–water partition coefficient (Wildman–Crippen LogP) is 1.93. The van der Waals surface area contributed by atoms with E-state index in [0.717, 1.165) is 19.5 Å². The minimum Gasteiger partial charge on any atom is -0.389 e. The summed E-state index contributed by atoms with van der Waals surface area (Å²) < 4.78 is 0. The molecule has 0 radical (unpaired) electrons. The molecular formula is C12H23NO. The first kappa shape index (κ1) is 10.4. The molecule has 0 aromatic heterocycles. The molecule has 1 saturated heterocycles. The Morgan fingerprint density at radius 2 is 1.93 bits per heavy atom. The van der Waals surface area contributed by atoms with Crippen molar-refractivity contribution in [1.82, 2.24) is 5.32 Å². The Labute approximate surface area is 87.1 Å². The Morgan fingerprint density at radius 1 is 1.21 bits per heavy atom. The Balaban J connectivity index is 2.03. The molecule has 1 saturated carbocycles. The number of hydrogen-bond acceptors (Lipinski definition) is 2. The maximum absolute atomic E-state index is 10.7. The summed E-state index contributed by atoms with van der Waals surface area (Å²) in [6, 6.07) is 0. The molecule has 2 fully saturated rings. The highest BCUT2D eigenvalue weighted by Gasteiger charge is 2.42. The van der Waals surface area contributed by atoms with Gasteiger partial charge in [0.2, 0.25) is 0 Å². The van der Waals surface area contributed by atoms with Crippen molar-refractivity contribution in [3.63, 3.8) is 0 Å². The van der Waals surface area contributed by atoms with Crippen molar-refractivity contribution < 1.29 is 5.11 Å². The SMILES string of the molecule is CC1CNCCC1(O)C1CCCCC1. The second-order valence-electron chi connectivity index (χ2n) is 5.18. The highest BCUT2D eigenvalue weighted by atomic mass is 16.3. The average Bonchev–Trinajstić information content (AvgIpc) is 2.24. The number of hydrogen-bond donors (Lipinski definition) is 2. The van der Waals surface area contributed by atoms with Gasteiger partial charge < -0.3 is 10.4 Å². The lowest BCUT2D eigenvalue weighted by Gasteiger charge is -2.45. The van der Waals surface area contributed by atoms with Crippen LogP contribution in [0.4, 0.5) is 0 Å². The molecule has 82 valence electrons. The molecule has 2 heteroatoms. The van der Waals surface area contributed by atoms with E-state index in [0.29, 0.717) is 11.8 Å². The molecule has 2 unspecified atom stereocenters. The molecule has 2 aliphatic rings. The smallest absolute Gasteiger partial charge is 0.0725 e. The molecule has 14 heavy (non-hydrogen) atoms. The van der Waals surface area contributed by atoms with E-state index in [2.05, 4.69) is 12.2 Å². The van der Waals surface area contributed by atoms with Gasteiger partial charge in [-0.2, -0.15) is 0 Å². The first-order valence-corrected chi connectivity index (χ1v) is 6.16. The lowest BCUT2D eigenvalue weighted by Crippen LogP contribution is -2.53. The fraction of sp³-hybridized carbons (Fsp3) is 1.00. The maximum atomic E-state index is 10.7. The lowest BCUT2D eigenvalue weighted by atomic mass is 9.68. The van der Waals surface area contributed by atoms with E-state index >= 15 is 0 Å². The molecule has 1 heterocycles. The normalized spacial score (nSPS) is 41.1. The Morgan fingerprint density at radius 3 is 2.57 bits per heavy atom. The van der Waals surface area contributed by atoms with Crippen molar-refractivity contribution in [2.45, 2.75) is 51.0 Å². The fourth-order valence-corrected chi connectivity index (χ4v) is 3.24. The molecule has 0 aromatic carbocycles. The topological polar surface area (TPSA) is 32.3 Å². The van der Waals surface area contributed by atoms with Crippen LogP contribution in [-0.4, -0.2) is 23.8 Å². The number of aliphatic hydroxyl groups is 1. The van der Waals surface area contributed by atoms with Crippen LogP contribution in [0.5, 0.6) is 0 Å². The van der Waals surface area contributed by atoms with E-state index in [-0.39, 0.29) is 5.60 Å². The van der Waals surface area contributed by atoms with Gasteiger partial charge in [-0.1, -0.05) is 26.2 Å². The molecule has 0 bridgehead atoms. The van der Waals surface area contributed by atoms with Gasteiger partial charge in [0, 0.05) is 6.54 Å². The van der Waals surface area contributed by atoms with Crippen LogP contribution in [0.3, 0.4) is 0 Å². The molecular weight excluding hydrogens is 174 g/mol. The van der Waals surface area contributed by atoms with Gasteiger partial charge in [0.05, 0.1) is 5.60 Å². The molecule has 0 amide bonds. The van der Waals surface area contributed by atoms with Crippen LogP contribution < -0.4 is 5.32 Å². The van der Waals surface area contributed by atoms with Crippen molar-refractivity contribution in [1.29, 1.82) is 0 Å². The van der Waals surface area contributed by atoms with Gasteiger partial charge in [-0.05, 0) is 37.6 Å². The summed E-state index contributed by atoms with van der Waals surface area (Å²) in [5.41, 5.74) is -0.355. The van der Waals surface area contributed by atoms with Crippen molar-refractivity contribution in [2.75, 3.05) is 13.1 Å². The molecule has 2 nitrogen and oxygen atoms in total. The maximum Gasteiger partial charge on any atom is 0.0725 e. The summed E-state index contributed by atoms with van der Waals surface area (Å²) in [6.07, 6.45) is 7.49. The van der Waals surface area contributed by atoms with Gasteiger partial charge in [0.15, 0.2) is 0 Å². The fourth-order valence-electron chi connectivity index (χ4n) is 3.24. The lowest BCUT2D eigenvalue weighted by molar-refractivity contribution is -0.0925. The zero-order valence-electron chi connectivity index (χ0n) is 9.26. The van der Waals surface area contributed by atoms with Crippen LogP contribution in [0.15, 0.2) is 0 Å². The quantitative estimate of drug-likeness (QED) is 0.673. The molecule has 0 aromatic rings. The van der Waals surface area contributed by atoms with Gasteiger partial charge in [-0.25, -0.2) is 0 Å². The van der Waals surface area contributed by atoms with E-state index in [1.807, 2.05) is 0 Å². The standard InChI is InChI=1S/C12H23NO/c1-10-9-13-8-7-12(10,14)11-5-3-2-4-6-11/h10-11,13-14H,2-9H2,1H3. The van der Waals surface area contributed by atoms with E-state index in [4.69, 9.17) is 0 Å². The average molecular weight is 197 g/mol. The van der Waals surface area contributed by atoms with E-state index in [1.54, 1.807) is 0 Å². The van der Waals surface area contributed by atoms with Crippen LogP contribution in [0.1, 0.15) is 45.4 Å². The second-order valence-corrected chi connectivity index (χ2v) is 5.18. The van der Waals surface area contributed by atoms with E-state index < -0.39 is 0 Å². The third-order valence-corrected chi connectivity index (χ3v) is 4.32. The number of nitrogens with one attached hydrogen (secondary N) is 1. The molecule has 2 atom stereocenters. The predicted molar refractivity (Wildman–Crippen MR) is 58.2 cm³/mol. The molecule has 0 spiro atoms. The van der Waals surface area contributed by atoms with Crippen molar-refractivity contribution in [2.24, 2.45) is 11.8 Å². The molecule has 1 aliphatic heterocycles. The van der Waals surface area contributed by atoms with Crippen molar-refractivity contribution in [3.8, 4) is 0 Å². The second kappa shape index (κ2) is 4.19. The molecule has 2 rings (SSSR count). The zero-order chi connectivity index (χ0) is 10.0. The summed E-state index contributed by atoms with van der Waals surface area (Å²) >= 11 is 0. The van der Waals surface area contributed by atoms with Crippen molar-refractivity contribution in [3.05, 3.63) is 0 Å². The minimum absolute atomic E-state index is 0.355. The van der Waals surface area contributed by atoms with Gasteiger partial charge in [0.25, 0.3) is 0 Å². The van der Waals surface area contributed by atoms with E-state index in [9.17, 15) is 5.11 Å². The molecule has 2 N–H and O–H groups in total. The monoisotopic (exact) mass is 197 g/mol. The van der Waals surface area contributed by atoms with Crippen LogP contribution in [0.25, 0.3) is 0 Å². The van der Waals surface area contributed by atoms with Gasteiger partial charge in [-0.3, -0.25) is 0 Å². The number of rotatable bonds is 1. The molecule has 1 aliphatic carbocycles.